The van der Waals surface area contributed by atoms with E-state index in [4.69, 9.17) is 0 Å². The Balaban J connectivity index is 1.16. The van der Waals surface area contributed by atoms with Gasteiger partial charge in [0.25, 0.3) is 5.91 Å². The average Bonchev–Trinajstić information content (AvgIpc) is 3.12. The molecule has 8 heteroatoms. The maximum Gasteiger partial charge on any atom is 0.255 e. The van der Waals surface area contributed by atoms with Gasteiger partial charge in [-0.05, 0) is 55.5 Å². The molecule has 4 heterocycles. The molecule has 4 aliphatic rings. The van der Waals surface area contributed by atoms with Crippen LogP contribution in [0.5, 0.6) is 0 Å². The number of hydrogen-bond acceptors (Lipinski definition) is 6. The molecule has 8 nitrogen and oxygen atoms in total. The molecule has 3 amide bonds. The Morgan fingerprint density at radius 3 is 2.47 bits per heavy atom. The van der Waals surface area contributed by atoms with Crippen molar-refractivity contribution in [3.63, 3.8) is 0 Å². The van der Waals surface area contributed by atoms with Gasteiger partial charge in [-0.2, -0.15) is 0 Å². The fourth-order valence-corrected chi connectivity index (χ4v) is 5.54. The lowest BCUT2D eigenvalue weighted by molar-refractivity contribution is -0.136. The van der Waals surface area contributed by atoms with Crippen molar-refractivity contribution in [1.82, 2.24) is 25.3 Å². The Bertz CT molecular complexity index is 890. The van der Waals surface area contributed by atoms with Crippen molar-refractivity contribution < 1.29 is 14.4 Å². The Hall–Kier alpha value is -2.29. The van der Waals surface area contributed by atoms with Gasteiger partial charge in [-0.3, -0.25) is 24.6 Å². The van der Waals surface area contributed by atoms with Crippen LogP contribution in [0.4, 0.5) is 0 Å². The first kappa shape index (κ1) is 21.6. The maximum absolute atomic E-state index is 13.0. The number of hydrogen-bond donors (Lipinski definition) is 2. The molecule has 0 saturated carbocycles. The molecule has 3 saturated heterocycles. The third kappa shape index (κ3) is 4.58. The summed E-state index contributed by atoms with van der Waals surface area (Å²) in [6.45, 7) is 9.27. The minimum Gasteiger partial charge on any atom is -0.322 e. The first-order valence-corrected chi connectivity index (χ1v) is 12.0. The first-order chi connectivity index (χ1) is 15.6. The molecule has 2 N–H and O–H groups in total. The predicted molar refractivity (Wildman–Crippen MR) is 120 cm³/mol. The van der Waals surface area contributed by atoms with Crippen molar-refractivity contribution in [2.45, 2.75) is 44.8 Å². The van der Waals surface area contributed by atoms with Gasteiger partial charge in [0.15, 0.2) is 0 Å². The van der Waals surface area contributed by atoms with Crippen LogP contribution < -0.4 is 10.6 Å². The zero-order valence-corrected chi connectivity index (χ0v) is 18.6. The highest BCUT2D eigenvalue weighted by Gasteiger charge is 2.39. The number of rotatable bonds is 5. The Morgan fingerprint density at radius 1 is 0.938 bits per heavy atom. The molecule has 5 rings (SSSR count). The summed E-state index contributed by atoms with van der Waals surface area (Å²) in [5, 5.41) is 5.79. The highest BCUT2D eigenvalue weighted by atomic mass is 16.2. The van der Waals surface area contributed by atoms with Gasteiger partial charge in [0.1, 0.15) is 6.04 Å². The second-order valence-electron chi connectivity index (χ2n) is 9.66. The van der Waals surface area contributed by atoms with E-state index >= 15 is 0 Å². The summed E-state index contributed by atoms with van der Waals surface area (Å²) in [4.78, 5) is 43.4. The summed E-state index contributed by atoms with van der Waals surface area (Å²) >= 11 is 0. The van der Waals surface area contributed by atoms with Crippen LogP contribution in [0.1, 0.15) is 47.2 Å². The second kappa shape index (κ2) is 9.29. The van der Waals surface area contributed by atoms with Crippen molar-refractivity contribution in [2.75, 3.05) is 45.8 Å². The number of likely N-dealkylation sites (tertiary alicyclic amines) is 1. The van der Waals surface area contributed by atoms with Crippen LogP contribution in [-0.2, 0) is 22.7 Å². The van der Waals surface area contributed by atoms with Gasteiger partial charge in [-0.15, -0.1) is 0 Å². The molecular formula is C24H33N5O3. The van der Waals surface area contributed by atoms with Crippen LogP contribution in [0.3, 0.4) is 0 Å². The van der Waals surface area contributed by atoms with Gasteiger partial charge in [-0.1, -0.05) is 12.1 Å². The molecular weight excluding hydrogens is 406 g/mol. The largest absolute Gasteiger partial charge is 0.322 e. The Labute approximate surface area is 189 Å². The highest BCUT2D eigenvalue weighted by Crippen LogP contribution is 2.29. The minimum atomic E-state index is -0.550. The predicted octanol–water partition coefficient (Wildman–Crippen LogP) is 0.565. The summed E-state index contributed by atoms with van der Waals surface area (Å²) in [7, 11) is 0. The van der Waals surface area contributed by atoms with Crippen LogP contribution >= 0.6 is 0 Å². The van der Waals surface area contributed by atoms with E-state index in [1.54, 1.807) is 4.90 Å². The van der Waals surface area contributed by atoms with E-state index in [1.165, 1.54) is 32.5 Å². The molecule has 172 valence electrons. The van der Waals surface area contributed by atoms with Gasteiger partial charge in [0.05, 0.1) is 0 Å². The number of imide groups is 1. The molecule has 1 aromatic rings. The topological polar surface area (TPSA) is 85.0 Å². The third-order valence-corrected chi connectivity index (χ3v) is 7.43. The standard InChI is InChI=1S/C24H33N5O3/c30-22-4-3-21(23(31)26-22)29-16-19-2-1-18(13-20(19)24(29)32)15-27-9-5-17(6-10-27)14-28-11-7-25-8-12-28/h1-2,13,17,21,25H,3-12,14-16H2,(H,26,30,31). The van der Waals surface area contributed by atoms with E-state index < -0.39 is 6.04 Å². The summed E-state index contributed by atoms with van der Waals surface area (Å²) in [6.07, 6.45) is 3.15. The smallest absolute Gasteiger partial charge is 0.255 e. The quantitative estimate of drug-likeness (QED) is 0.653. The SMILES string of the molecule is O=C1CCC(N2Cc3ccc(CN4CCC(CN5CCNCC5)CC4)cc3C2=O)C(=O)N1. The van der Waals surface area contributed by atoms with E-state index in [9.17, 15) is 14.4 Å². The van der Waals surface area contributed by atoms with E-state index in [-0.39, 0.29) is 24.1 Å². The van der Waals surface area contributed by atoms with Crippen LogP contribution in [0.2, 0.25) is 0 Å². The highest BCUT2D eigenvalue weighted by molar-refractivity contribution is 6.05. The lowest BCUT2D eigenvalue weighted by Gasteiger charge is -2.36. The number of piperidine rings is 2. The molecule has 0 aliphatic carbocycles. The minimum absolute atomic E-state index is 0.0916. The van der Waals surface area contributed by atoms with E-state index in [0.717, 1.165) is 49.8 Å². The third-order valence-electron chi connectivity index (χ3n) is 7.43. The normalized spacial score (nSPS) is 25.8. The molecule has 0 aromatic heterocycles. The van der Waals surface area contributed by atoms with Crippen LogP contribution in [0.25, 0.3) is 0 Å². The van der Waals surface area contributed by atoms with Crippen molar-refractivity contribution in [2.24, 2.45) is 5.92 Å². The zero-order chi connectivity index (χ0) is 22.1. The number of fused-ring (bicyclic) bond motifs is 1. The Kier molecular flexibility index (Phi) is 6.26. The second-order valence-corrected chi connectivity index (χ2v) is 9.66. The van der Waals surface area contributed by atoms with E-state index in [0.29, 0.717) is 18.5 Å². The number of nitrogens with zero attached hydrogens (tertiary/aromatic N) is 3. The number of piperazine rings is 1. The van der Waals surface area contributed by atoms with Crippen molar-refractivity contribution in [1.29, 1.82) is 0 Å². The summed E-state index contributed by atoms with van der Waals surface area (Å²) in [5.74, 6) is 0.0832. The number of carbonyl (C=O) groups excluding carboxylic acids is 3. The van der Waals surface area contributed by atoms with Crippen molar-refractivity contribution in [3.8, 4) is 0 Å². The van der Waals surface area contributed by atoms with Gasteiger partial charge in [0.2, 0.25) is 11.8 Å². The lowest BCUT2D eigenvalue weighted by Crippen LogP contribution is -2.52. The van der Waals surface area contributed by atoms with Gasteiger partial charge >= 0.3 is 0 Å². The van der Waals surface area contributed by atoms with Gasteiger partial charge < -0.3 is 15.1 Å². The summed E-state index contributed by atoms with van der Waals surface area (Å²) < 4.78 is 0. The summed E-state index contributed by atoms with van der Waals surface area (Å²) in [6, 6.07) is 5.61. The van der Waals surface area contributed by atoms with Crippen molar-refractivity contribution >= 4 is 17.7 Å². The summed E-state index contributed by atoms with van der Waals surface area (Å²) in [5.41, 5.74) is 2.83. The van der Waals surface area contributed by atoms with Crippen LogP contribution in [0, 0.1) is 5.92 Å². The molecule has 4 aliphatic heterocycles. The molecule has 1 aromatic carbocycles. The zero-order valence-electron chi connectivity index (χ0n) is 18.6. The number of nitrogens with one attached hydrogen (secondary N) is 2. The molecule has 0 radical (unpaired) electrons. The Morgan fingerprint density at radius 2 is 1.72 bits per heavy atom. The van der Waals surface area contributed by atoms with Gasteiger partial charge in [0, 0.05) is 57.8 Å². The van der Waals surface area contributed by atoms with E-state index in [1.807, 2.05) is 12.1 Å². The molecule has 32 heavy (non-hydrogen) atoms. The molecule has 3 fully saturated rings. The molecule has 0 spiro atoms. The van der Waals surface area contributed by atoms with E-state index in [2.05, 4.69) is 26.5 Å². The fraction of sp³-hybridized carbons (Fsp3) is 0.625. The molecule has 1 unspecified atom stereocenters. The van der Waals surface area contributed by atoms with Crippen molar-refractivity contribution in [3.05, 3.63) is 34.9 Å². The van der Waals surface area contributed by atoms with Crippen LogP contribution in [0.15, 0.2) is 18.2 Å². The number of amides is 3. The maximum atomic E-state index is 13.0. The molecule has 0 bridgehead atoms. The lowest BCUT2D eigenvalue weighted by atomic mass is 9.95. The first-order valence-electron chi connectivity index (χ1n) is 12.0. The van der Waals surface area contributed by atoms with Gasteiger partial charge in [-0.25, -0.2) is 0 Å². The number of carbonyl (C=O) groups is 3. The number of benzene rings is 1. The average molecular weight is 440 g/mol. The van der Waals surface area contributed by atoms with Crippen LogP contribution in [-0.4, -0.2) is 84.3 Å². The molecule has 1 atom stereocenters. The fourth-order valence-electron chi connectivity index (χ4n) is 5.54. The monoisotopic (exact) mass is 439 g/mol.